The van der Waals surface area contributed by atoms with Crippen molar-refractivity contribution in [2.45, 2.75) is 32.2 Å². The first-order chi connectivity index (χ1) is 10.0. The van der Waals surface area contributed by atoms with E-state index in [9.17, 15) is 13.6 Å². The summed E-state index contributed by atoms with van der Waals surface area (Å²) < 4.78 is 26.5. The second kappa shape index (κ2) is 6.98. The third-order valence-electron chi connectivity index (χ3n) is 4.34. The third kappa shape index (κ3) is 3.79. The average molecular weight is 296 g/mol. The summed E-state index contributed by atoms with van der Waals surface area (Å²) in [4.78, 5) is 14.1. The lowest BCUT2D eigenvalue weighted by atomic mass is 9.90. The Hall–Kier alpha value is -1.49. The molecule has 0 aliphatic carbocycles. The largest absolute Gasteiger partial charge is 0.342 e. The fourth-order valence-corrected chi connectivity index (χ4v) is 2.99. The zero-order chi connectivity index (χ0) is 15.4. The number of nitrogens with zero attached hydrogens (tertiary/aromatic N) is 1. The van der Waals surface area contributed by atoms with E-state index in [2.05, 4.69) is 12.2 Å². The number of likely N-dealkylation sites (tertiary alicyclic amines) is 1. The fourth-order valence-electron chi connectivity index (χ4n) is 2.99. The van der Waals surface area contributed by atoms with Crippen LogP contribution in [0.4, 0.5) is 8.78 Å². The smallest absolute Gasteiger partial charge is 0.227 e. The molecule has 5 heteroatoms. The molecule has 116 valence electrons. The van der Waals surface area contributed by atoms with E-state index in [4.69, 9.17) is 0 Å². The number of halogens is 2. The standard InChI is InChI=1S/C16H22F2N2O/c1-3-11-10-20(7-6-15(11)19-2)16(21)8-12-4-5-13(17)9-14(12)18/h4-5,9,11,15,19H,3,6-8,10H2,1-2H3. The van der Waals surface area contributed by atoms with Gasteiger partial charge in [-0.05, 0) is 31.0 Å². The van der Waals surface area contributed by atoms with Gasteiger partial charge in [0.1, 0.15) is 11.6 Å². The molecule has 0 bridgehead atoms. The Balaban J connectivity index is 2.00. The fraction of sp³-hybridized carbons (Fsp3) is 0.562. The van der Waals surface area contributed by atoms with Gasteiger partial charge >= 0.3 is 0 Å². The first kappa shape index (κ1) is 15.9. The van der Waals surface area contributed by atoms with Crippen LogP contribution in [0.15, 0.2) is 18.2 Å². The zero-order valence-electron chi connectivity index (χ0n) is 12.5. The minimum absolute atomic E-state index is 0.00717. The van der Waals surface area contributed by atoms with E-state index in [0.29, 0.717) is 25.0 Å². The SMILES string of the molecule is CCC1CN(C(=O)Cc2ccc(F)cc2F)CCC1NC. The minimum atomic E-state index is -0.652. The lowest BCUT2D eigenvalue weighted by molar-refractivity contribution is -0.132. The Morgan fingerprint density at radius 1 is 1.43 bits per heavy atom. The second-order valence-electron chi connectivity index (χ2n) is 5.60. The summed E-state index contributed by atoms with van der Waals surface area (Å²) >= 11 is 0. The van der Waals surface area contributed by atoms with Gasteiger partial charge < -0.3 is 10.2 Å². The van der Waals surface area contributed by atoms with Gasteiger partial charge in [0.15, 0.2) is 0 Å². The average Bonchev–Trinajstić information content (AvgIpc) is 2.49. The predicted octanol–water partition coefficient (Wildman–Crippen LogP) is 2.35. The molecule has 1 N–H and O–H groups in total. The molecule has 0 radical (unpaired) electrons. The van der Waals surface area contributed by atoms with Crippen LogP contribution in [0.5, 0.6) is 0 Å². The third-order valence-corrected chi connectivity index (χ3v) is 4.34. The van der Waals surface area contributed by atoms with E-state index in [0.717, 1.165) is 18.9 Å². The Morgan fingerprint density at radius 2 is 2.19 bits per heavy atom. The van der Waals surface area contributed by atoms with Crippen molar-refractivity contribution >= 4 is 5.91 Å². The first-order valence-corrected chi connectivity index (χ1v) is 7.44. The summed E-state index contributed by atoms with van der Waals surface area (Å²) in [6.45, 7) is 3.50. The van der Waals surface area contributed by atoms with Crippen molar-refractivity contribution in [3.05, 3.63) is 35.4 Å². The van der Waals surface area contributed by atoms with Gasteiger partial charge in [0.05, 0.1) is 6.42 Å². The lowest BCUT2D eigenvalue weighted by Gasteiger charge is -2.38. The number of piperidine rings is 1. The number of hydrogen-bond donors (Lipinski definition) is 1. The molecular formula is C16H22F2N2O. The van der Waals surface area contributed by atoms with Gasteiger partial charge in [-0.15, -0.1) is 0 Å². The Bertz CT molecular complexity index is 507. The number of amides is 1. The maximum absolute atomic E-state index is 13.6. The molecule has 0 spiro atoms. The van der Waals surface area contributed by atoms with Gasteiger partial charge in [-0.2, -0.15) is 0 Å². The number of carbonyl (C=O) groups excluding carboxylic acids is 1. The molecule has 1 fully saturated rings. The molecule has 1 aromatic rings. The summed E-state index contributed by atoms with van der Waals surface area (Å²) in [6.07, 6.45) is 1.90. The van der Waals surface area contributed by atoms with Crippen molar-refractivity contribution in [2.24, 2.45) is 5.92 Å². The molecule has 1 heterocycles. The van der Waals surface area contributed by atoms with Crippen molar-refractivity contribution in [2.75, 3.05) is 20.1 Å². The van der Waals surface area contributed by atoms with Crippen LogP contribution in [0, 0.1) is 17.6 Å². The van der Waals surface area contributed by atoms with Crippen LogP contribution in [0.25, 0.3) is 0 Å². The molecule has 3 nitrogen and oxygen atoms in total. The molecule has 1 aliphatic heterocycles. The van der Waals surface area contributed by atoms with Gasteiger partial charge in [-0.1, -0.05) is 19.4 Å². The van der Waals surface area contributed by atoms with Gasteiger partial charge in [0.2, 0.25) is 5.91 Å². The Morgan fingerprint density at radius 3 is 2.81 bits per heavy atom. The van der Waals surface area contributed by atoms with Crippen LogP contribution in [-0.2, 0) is 11.2 Å². The lowest BCUT2D eigenvalue weighted by Crippen LogP contribution is -2.50. The highest BCUT2D eigenvalue weighted by Gasteiger charge is 2.29. The molecule has 21 heavy (non-hydrogen) atoms. The van der Waals surface area contributed by atoms with E-state index in [1.165, 1.54) is 12.1 Å². The molecule has 1 amide bonds. The molecule has 1 aromatic carbocycles. The maximum Gasteiger partial charge on any atom is 0.227 e. The molecule has 1 aliphatic rings. The second-order valence-corrected chi connectivity index (χ2v) is 5.60. The summed E-state index contributed by atoms with van der Waals surface area (Å²) in [7, 11) is 1.94. The van der Waals surface area contributed by atoms with Crippen molar-refractivity contribution < 1.29 is 13.6 Å². The van der Waals surface area contributed by atoms with Gasteiger partial charge in [-0.25, -0.2) is 8.78 Å². The Labute approximate surface area is 124 Å². The quantitative estimate of drug-likeness (QED) is 0.925. The van der Waals surface area contributed by atoms with E-state index < -0.39 is 11.6 Å². The highest BCUT2D eigenvalue weighted by atomic mass is 19.1. The van der Waals surface area contributed by atoms with E-state index in [1.807, 2.05) is 7.05 Å². The van der Waals surface area contributed by atoms with E-state index >= 15 is 0 Å². The first-order valence-electron chi connectivity index (χ1n) is 7.44. The number of nitrogens with one attached hydrogen (secondary N) is 1. The summed E-state index contributed by atoms with van der Waals surface area (Å²) in [6, 6.07) is 3.79. The molecule has 0 saturated carbocycles. The number of carbonyl (C=O) groups is 1. The van der Waals surface area contributed by atoms with Gasteiger partial charge in [-0.3, -0.25) is 4.79 Å². The number of benzene rings is 1. The van der Waals surface area contributed by atoms with Crippen molar-refractivity contribution in [1.29, 1.82) is 0 Å². The summed E-state index contributed by atoms with van der Waals surface area (Å²) in [5.74, 6) is -0.940. The predicted molar refractivity (Wildman–Crippen MR) is 77.9 cm³/mol. The van der Waals surface area contributed by atoms with Crippen LogP contribution in [0.3, 0.4) is 0 Å². The normalized spacial score (nSPS) is 22.4. The van der Waals surface area contributed by atoms with Crippen molar-refractivity contribution in [3.63, 3.8) is 0 Å². The van der Waals surface area contributed by atoms with Crippen LogP contribution in [-0.4, -0.2) is 37.0 Å². The van der Waals surface area contributed by atoms with Crippen LogP contribution in [0.1, 0.15) is 25.3 Å². The van der Waals surface area contributed by atoms with Crippen LogP contribution in [0.2, 0.25) is 0 Å². The Kier molecular flexibility index (Phi) is 5.28. The minimum Gasteiger partial charge on any atom is -0.342 e. The van der Waals surface area contributed by atoms with Crippen LogP contribution < -0.4 is 5.32 Å². The maximum atomic E-state index is 13.6. The monoisotopic (exact) mass is 296 g/mol. The highest BCUT2D eigenvalue weighted by molar-refractivity contribution is 5.79. The topological polar surface area (TPSA) is 32.3 Å². The molecule has 1 saturated heterocycles. The van der Waals surface area contributed by atoms with Gasteiger partial charge in [0, 0.05) is 25.2 Å². The van der Waals surface area contributed by atoms with E-state index in [1.54, 1.807) is 4.90 Å². The van der Waals surface area contributed by atoms with E-state index in [-0.39, 0.29) is 17.9 Å². The molecular weight excluding hydrogens is 274 g/mol. The molecule has 2 rings (SSSR count). The molecule has 0 aromatic heterocycles. The zero-order valence-corrected chi connectivity index (χ0v) is 12.5. The number of hydrogen-bond acceptors (Lipinski definition) is 2. The summed E-state index contributed by atoms with van der Waals surface area (Å²) in [5, 5.41) is 3.29. The van der Waals surface area contributed by atoms with Crippen molar-refractivity contribution in [1.82, 2.24) is 10.2 Å². The number of rotatable bonds is 4. The highest BCUT2D eigenvalue weighted by Crippen LogP contribution is 2.21. The summed E-state index contributed by atoms with van der Waals surface area (Å²) in [5.41, 5.74) is 0.255. The van der Waals surface area contributed by atoms with Crippen molar-refractivity contribution in [3.8, 4) is 0 Å². The van der Waals surface area contributed by atoms with Gasteiger partial charge in [0.25, 0.3) is 0 Å². The molecule has 2 atom stereocenters. The van der Waals surface area contributed by atoms with Crippen LogP contribution >= 0.6 is 0 Å². The molecule has 2 unspecified atom stereocenters.